The summed E-state index contributed by atoms with van der Waals surface area (Å²) in [5.74, 6) is 0. The largest absolute Gasteiger partial charge is 0.431 e. The molecule has 1 nitrogen and oxygen atoms in total. The second-order valence-corrected chi connectivity index (χ2v) is 4.92. The Morgan fingerprint density at radius 1 is 1.17 bits per heavy atom. The van der Waals surface area contributed by atoms with E-state index in [0.29, 0.717) is 4.47 Å². The lowest BCUT2D eigenvalue weighted by Crippen LogP contribution is -2.15. The molecule has 0 amide bonds. The summed E-state index contributed by atoms with van der Waals surface area (Å²) in [4.78, 5) is 0. The van der Waals surface area contributed by atoms with Gasteiger partial charge in [0, 0.05) is 17.2 Å². The molecule has 18 heavy (non-hydrogen) atoms. The van der Waals surface area contributed by atoms with Crippen LogP contribution in [0.15, 0.2) is 41.0 Å². The second-order valence-electron chi connectivity index (χ2n) is 4.06. The van der Waals surface area contributed by atoms with E-state index in [1.165, 1.54) is 17.7 Å². The molecule has 0 saturated heterocycles. The molecule has 1 aromatic carbocycles. The van der Waals surface area contributed by atoms with Crippen molar-refractivity contribution in [2.24, 2.45) is 0 Å². The normalized spacial score (nSPS) is 11.8. The lowest BCUT2D eigenvalue weighted by Gasteiger charge is -2.13. The van der Waals surface area contributed by atoms with Crippen molar-refractivity contribution in [2.75, 3.05) is 0 Å². The second kappa shape index (κ2) is 4.80. The molecule has 0 aliphatic heterocycles. The summed E-state index contributed by atoms with van der Waals surface area (Å²) in [5.41, 5.74) is 0.460. The van der Waals surface area contributed by atoms with Gasteiger partial charge in [0.2, 0.25) is 0 Å². The van der Waals surface area contributed by atoms with Crippen LogP contribution in [0.2, 0.25) is 0 Å². The summed E-state index contributed by atoms with van der Waals surface area (Å²) in [7, 11) is 0. The van der Waals surface area contributed by atoms with E-state index < -0.39 is 11.9 Å². The van der Waals surface area contributed by atoms with E-state index in [0.717, 1.165) is 5.56 Å². The van der Waals surface area contributed by atoms with Gasteiger partial charge >= 0.3 is 6.18 Å². The third-order valence-corrected chi connectivity index (χ3v) is 3.53. The highest BCUT2D eigenvalue weighted by Gasteiger charge is 2.37. The Hall–Kier alpha value is -1.23. The number of hydrogen-bond donors (Lipinski definition) is 0. The van der Waals surface area contributed by atoms with Gasteiger partial charge in [-0.2, -0.15) is 13.2 Å². The summed E-state index contributed by atoms with van der Waals surface area (Å²) < 4.78 is 40.7. The van der Waals surface area contributed by atoms with Crippen molar-refractivity contribution in [1.29, 1.82) is 0 Å². The fourth-order valence-corrected chi connectivity index (χ4v) is 2.34. The molecular weight excluding hydrogens is 307 g/mol. The predicted molar refractivity (Wildman–Crippen MR) is 67.4 cm³/mol. The molecule has 0 atom stereocenters. The predicted octanol–water partition coefficient (Wildman–Crippen LogP) is 4.63. The van der Waals surface area contributed by atoms with E-state index in [2.05, 4.69) is 15.9 Å². The summed E-state index contributed by atoms with van der Waals surface area (Å²) >= 11 is 3.15. The van der Waals surface area contributed by atoms with E-state index >= 15 is 0 Å². The van der Waals surface area contributed by atoms with Crippen molar-refractivity contribution < 1.29 is 13.2 Å². The number of hydrogen-bond acceptors (Lipinski definition) is 0. The molecule has 0 aliphatic rings. The van der Waals surface area contributed by atoms with Crippen LogP contribution >= 0.6 is 15.9 Å². The Morgan fingerprint density at radius 2 is 1.78 bits per heavy atom. The summed E-state index contributed by atoms with van der Waals surface area (Å²) in [6.07, 6.45) is -2.87. The zero-order valence-corrected chi connectivity index (χ0v) is 11.2. The van der Waals surface area contributed by atoms with Crippen molar-refractivity contribution in [3.8, 4) is 0 Å². The SMILES string of the molecule is Cc1c(Br)cn(Cc2ccccc2)c1C(F)(F)F. The molecule has 0 spiro atoms. The number of alkyl halides is 3. The molecule has 96 valence electrons. The molecule has 0 aliphatic carbocycles. The van der Waals surface area contributed by atoms with Crippen LogP contribution in [0, 0.1) is 6.92 Å². The Labute approximate surface area is 111 Å². The van der Waals surface area contributed by atoms with Gasteiger partial charge in [0.15, 0.2) is 0 Å². The highest BCUT2D eigenvalue weighted by molar-refractivity contribution is 9.10. The van der Waals surface area contributed by atoms with Gasteiger partial charge in [0.25, 0.3) is 0 Å². The Kier molecular flexibility index (Phi) is 3.52. The molecule has 1 aromatic heterocycles. The molecule has 2 aromatic rings. The van der Waals surface area contributed by atoms with Crippen molar-refractivity contribution in [3.05, 3.63) is 57.8 Å². The van der Waals surface area contributed by atoms with E-state index in [1.807, 2.05) is 30.3 Å². The average molecular weight is 318 g/mol. The Bertz CT molecular complexity index is 543. The van der Waals surface area contributed by atoms with Crippen molar-refractivity contribution >= 4 is 15.9 Å². The molecular formula is C13H11BrF3N. The minimum atomic E-state index is -4.34. The monoisotopic (exact) mass is 317 g/mol. The third-order valence-electron chi connectivity index (χ3n) is 2.73. The first kappa shape index (κ1) is 13.2. The van der Waals surface area contributed by atoms with Gasteiger partial charge < -0.3 is 4.57 Å². The molecule has 5 heteroatoms. The molecule has 0 fully saturated rings. The van der Waals surface area contributed by atoms with Gasteiger partial charge in [0.05, 0.1) is 0 Å². The van der Waals surface area contributed by atoms with E-state index in [-0.39, 0.29) is 12.1 Å². The van der Waals surface area contributed by atoms with Gasteiger partial charge in [-0.15, -0.1) is 0 Å². The first-order valence-electron chi connectivity index (χ1n) is 5.36. The lowest BCUT2D eigenvalue weighted by molar-refractivity contribution is -0.143. The highest BCUT2D eigenvalue weighted by Crippen LogP contribution is 2.36. The Balaban J connectivity index is 2.43. The van der Waals surface area contributed by atoms with Crippen molar-refractivity contribution in [3.63, 3.8) is 0 Å². The number of rotatable bonds is 2. The first-order chi connectivity index (χ1) is 8.39. The van der Waals surface area contributed by atoms with E-state index in [9.17, 15) is 13.2 Å². The van der Waals surface area contributed by atoms with Gasteiger partial charge in [-0.1, -0.05) is 30.3 Å². The maximum absolute atomic E-state index is 13.0. The summed E-state index contributed by atoms with van der Waals surface area (Å²) in [6.45, 7) is 1.68. The standard InChI is InChI=1S/C13H11BrF3N/c1-9-11(14)8-18(12(9)13(15,16)17)7-10-5-3-2-4-6-10/h2-6,8H,7H2,1H3. The van der Waals surface area contributed by atoms with Gasteiger partial charge in [-0.25, -0.2) is 0 Å². The van der Waals surface area contributed by atoms with Gasteiger partial charge in [-0.3, -0.25) is 0 Å². The fourth-order valence-electron chi connectivity index (χ4n) is 1.91. The summed E-state index contributed by atoms with van der Waals surface area (Å²) in [6, 6.07) is 9.08. The van der Waals surface area contributed by atoms with Crippen LogP contribution in [0.5, 0.6) is 0 Å². The Morgan fingerprint density at radius 3 is 2.33 bits per heavy atom. The average Bonchev–Trinajstić information content (AvgIpc) is 2.55. The van der Waals surface area contributed by atoms with E-state index in [1.54, 1.807) is 0 Å². The van der Waals surface area contributed by atoms with Crippen LogP contribution < -0.4 is 0 Å². The molecule has 2 rings (SSSR count). The maximum atomic E-state index is 13.0. The first-order valence-corrected chi connectivity index (χ1v) is 6.15. The maximum Gasteiger partial charge on any atom is 0.431 e. The van der Waals surface area contributed by atoms with Crippen molar-refractivity contribution in [2.45, 2.75) is 19.6 Å². The van der Waals surface area contributed by atoms with Crippen molar-refractivity contribution in [1.82, 2.24) is 4.57 Å². The molecule has 0 N–H and O–H groups in total. The fraction of sp³-hybridized carbons (Fsp3) is 0.231. The zero-order chi connectivity index (χ0) is 13.3. The molecule has 0 bridgehead atoms. The topological polar surface area (TPSA) is 4.93 Å². The van der Waals surface area contributed by atoms with E-state index in [4.69, 9.17) is 0 Å². The molecule has 1 heterocycles. The van der Waals surface area contributed by atoms with Crippen LogP contribution in [0.25, 0.3) is 0 Å². The molecule has 0 radical (unpaired) electrons. The highest BCUT2D eigenvalue weighted by atomic mass is 79.9. The zero-order valence-electron chi connectivity index (χ0n) is 9.63. The minimum Gasteiger partial charge on any atom is -0.338 e. The smallest absolute Gasteiger partial charge is 0.338 e. The third kappa shape index (κ3) is 2.61. The summed E-state index contributed by atoms with van der Waals surface area (Å²) in [5, 5.41) is 0. The number of aromatic nitrogens is 1. The quantitative estimate of drug-likeness (QED) is 0.761. The van der Waals surface area contributed by atoms with Crippen LogP contribution in [0.4, 0.5) is 13.2 Å². The minimum absolute atomic E-state index is 0.210. The number of nitrogens with zero attached hydrogens (tertiary/aromatic N) is 1. The number of halogens is 4. The van der Waals surface area contributed by atoms with Crippen LogP contribution in [-0.2, 0) is 12.7 Å². The van der Waals surface area contributed by atoms with Crippen LogP contribution in [0.1, 0.15) is 16.8 Å². The van der Waals surface area contributed by atoms with Gasteiger partial charge in [-0.05, 0) is 34.0 Å². The van der Waals surface area contributed by atoms with Crippen LogP contribution in [0.3, 0.4) is 0 Å². The molecule has 0 saturated carbocycles. The lowest BCUT2D eigenvalue weighted by atomic mass is 10.2. The number of benzene rings is 1. The van der Waals surface area contributed by atoms with Crippen LogP contribution in [-0.4, -0.2) is 4.57 Å². The molecule has 0 unspecified atom stereocenters. The van der Waals surface area contributed by atoms with Gasteiger partial charge in [0.1, 0.15) is 5.69 Å².